The second kappa shape index (κ2) is 8.92. The first kappa shape index (κ1) is 21.3. The molecule has 3 aromatic rings. The maximum Gasteiger partial charge on any atom is 0.267 e. The van der Waals surface area contributed by atoms with Crippen molar-refractivity contribution in [3.8, 4) is 22.5 Å². The zero-order valence-electron chi connectivity index (χ0n) is 16.3. The Balaban J connectivity index is 1.69. The molecule has 0 unspecified atom stereocenters. The minimum absolute atomic E-state index is 0.337. The van der Waals surface area contributed by atoms with Gasteiger partial charge in [-0.2, -0.15) is 0 Å². The third kappa shape index (κ3) is 5.12. The van der Waals surface area contributed by atoms with Crippen molar-refractivity contribution in [3.63, 3.8) is 0 Å². The van der Waals surface area contributed by atoms with Gasteiger partial charge in [0.1, 0.15) is 6.04 Å². The number of carbonyl (C=O) groups is 2. The fourth-order valence-electron chi connectivity index (χ4n) is 2.58. The van der Waals surface area contributed by atoms with E-state index in [1.807, 2.05) is 12.1 Å². The Hall–Kier alpha value is -3.45. The molecule has 3 rings (SSSR count). The number of thiophene rings is 1. The van der Waals surface area contributed by atoms with Crippen LogP contribution in [0.5, 0.6) is 0 Å². The highest BCUT2D eigenvalue weighted by Crippen LogP contribution is 2.27. The standard InChI is InChI=1S/C21H20N4O4S/c1-21(2,22)18(20(27)25-28)24-19(26)14-6-3-13(4-7-14)5-8-15-9-10-17(30-15)16-11-23-12-29-16/h3-4,6-7,9-12,18,28H,22H2,1-2H3,(H,24,26)(H,25,27)/t18-/m1/s1. The van der Waals surface area contributed by atoms with E-state index >= 15 is 0 Å². The van der Waals surface area contributed by atoms with Crippen LogP contribution >= 0.6 is 11.3 Å². The third-order valence-corrected chi connectivity index (χ3v) is 5.17. The first-order chi connectivity index (χ1) is 14.3. The molecule has 1 aromatic carbocycles. The summed E-state index contributed by atoms with van der Waals surface area (Å²) in [5.41, 5.74) is 7.43. The molecular weight excluding hydrogens is 404 g/mol. The minimum Gasteiger partial charge on any atom is -0.443 e. The Kier molecular flexibility index (Phi) is 6.32. The maximum absolute atomic E-state index is 12.5. The van der Waals surface area contributed by atoms with E-state index in [0.29, 0.717) is 11.3 Å². The molecule has 2 aromatic heterocycles. The quantitative estimate of drug-likeness (QED) is 0.282. The van der Waals surface area contributed by atoms with E-state index in [1.165, 1.54) is 23.2 Å². The largest absolute Gasteiger partial charge is 0.443 e. The average molecular weight is 424 g/mol. The van der Waals surface area contributed by atoms with Gasteiger partial charge in [0.15, 0.2) is 12.2 Å². The molecule has 0 aliphatic rings. The van der Waals surface area contributed by atoms with Crippen molar-refractivity contribution in [2.24, 2.45) is 5.73 Å². The van der Waals surface area contributed by atoms with Crippen LogP contribution in [0.15, 0.2) is 53.4 Å². The summed E-state index contributed by atoms with van der Waals surface area (Å²) in [6, 6.07) is 9.34. The van der Waals surface area contributed by atoms with Gasteiger partial charge in [-0.3, -0.25) is 14.8 Å². The number of oxazole rings is 1. The average Bonchev–Trinajstić information content (AvgIpc) is 3.41. The number of carbonyl (C=O) groups excluding carboxylic acids is 2. The summed E-state index contributed by atoms with van der Waals surface area (Å²) in [5.74, 6) is 5.53. The van der Waals surface area contributed by atoms with Gasteiger partial charge in [0.2, 0.25) is 0 Å². The molecule has 0 aliphatic heterocycles. The van der Waals surface area contributed by atoms with Gasteiger partial charge in [-0.25, -0.2) is 10.5 Å². The summed E-state index contributed by atoms with van der Waals surface area (Å²) >= 11 is 1.49. The normalized spacial score (nSPS) is 11.9. The lowest BCUT2D eigenvalue weighted by Crippen LogP contribution is -2.61. The fraction of sp³-hybridized carbons (Fsp3) is 0.190. The molecule has 0 radical (unpaired) electrons. The highest BCUT2D eigenvalue weighted by atomic mass is 32.1. The van der Waals surface area contributed by atoms with Crippen LogP contribution in [-0.4, -0.2) is 33.6 Å². The molecule has 8 nitrogen and oxygen atoms in total. The molecular formula is C21H20N4O4S. The van der Waals surface area contributed by atoms with E-state index in [2.05, 4.69) is 22.1 Å². The van der Waals surface area contributed by atoms with E-state index in [0.717, 1.165) is 15.3 Å². The van der Waals surface area contributed by atoms with Gasteiger partial charge in [-0.15, -0.1) is 11.3 Å². The number of amides is 2. The van der Waals surface area contributed by atoms with Crippen molar-refractivity contribution in [3.05, 3.63) is 65.0 Å². The number of hydrogen-bond acceptors (Lipinski definition) is 7. The highest BCUT2D eigenvalue weighted by molar-refractivity contribution is 7.15. The van der Waals surface area contributed by atoms with Gasteiger partial charge in [-0.1, -0.05) is 11.8 Å². The van der Waals surface area contributed by atoms with Crippen LogP contribution in [-0.2, 0) is 4.79 Å². The number of hydrogen-bond donors (Lipinski definition) is 4. The number of nitrogens with one attached hydrogen (secondary N) is 2. The Morgan fingerprint density at radius 1 is 1.20 bits per heavy atom. The summed E-state index contributed by atoms with van der Waals surface area (Å²) in [5, 5.41) is 11.4. The van der Waals surface area contributed by atoms with Gasteiger partial charge < -0.3 is 15.5 Å². The molecule has 0 saturated carbocycles. The Bertz CT molecular complexity index is 1090. The van der Waals surface area contributed by atoms with Crippen molar-refractivity contribution < 1.29 is 19.2 Å². The highest BCUT2D eigenvalue weighted by Gasteiger charge is 2.33. The fourth-order valence-corrected chi connectivity index (χ4v) is 3.39. The van der Waals surface area contributed by atoms with E-state index < -0.39 is 23.4 Å². The number of nitrogens with two attached hydrogens (primary N) is 1. The molecule has 1 atom stereocenters. The van der Waals surface area contributed by atoms with Gasteiger partial charge in [0.05, 0.1) is 16.0 Å². The molecule has 0 spiro atoms. The zero-order valence-corrected chi connectivity index (χ0v) is 17.1. The SMILES string of the molecule is CC(C)(N)[C@H](NC(=O)c1ccc(C#Cc2ccc(-c3cnco3)s2)cc1)C(=O)NO. The van der Waals surface area contributed by atoms with Crippen molar-refractivity contribution in [1.82, 2.24) is 15.8 Å². The summed E-state index contributed by atoms with van der Waals surface area (Å²) in [4.78, 5) is 29.9. The van der Waals surface area contributed by atoms with Gasteiger partial charge in [-0.05, 0) is 50.2 Å². The number of benzene rings is 1. The zero-order chi connectivity index (χ0) is 21.7. The van der Waals surface area contributed by atoms with Crippen LogP contribution in [0.1, 0.15) is 34.6 Å². The van der Waals surface area contributed by atoms with Crippen LogP contribution in [0, 0.1) is 11.8 Å². The number of hydroxylamine groups is 1. The number of aromatic nitrogens is 1. The number of rotatable bonds is 5. The second-order valence-electron chi connectivity index (χ2n) is 7.06. The molecule has 0 saturated heterocycles. The Morgan fingerprint density at radius 3 is 2.53 bits per heavy atom. The maximum atomic E-state index is 12.5. The van der Waals surface area contributed by atoms with E-state index in [4.69, 9.17) is 15.4 Å². The molecule has 0 fully saturated rings. The molecule has 154 valence electrons. The van der Waals surface area contributed by atoms with Crippen molar-refractivity contribution in [2.45, 2.75) is 25.4 Å². The molecule has 9 heteroatoms. The van der Waals surface area contributed by atoms with E-state index in [9.17, 15) is 9.59 Å². The van der Waals surface area contributed by atoms with Crippen LogP contribution < -0.4 is 16.5 Å². The molecule has 0 aliphatic carbocycles. The summed E-state index contributed by atoms with van der Waals surface area (Å²) in [7, 11) is 0. The van der Waals surface area contributed by atoms with Crippen molar-refractivity contribution >= 4 is 23.2 Å². The first-order valence-electron chi connectivity index (χ1n) is 8.92. The topological polar surface area (TPSA) is 130 Å². The summed E-state index contributed by atoms with van der Waals surface area (Å²) in [6.07, 6.45) is 3.03. The van der Waals surface area contributed by atoms with Crippen LogP contribution in [0.25, 0.3) is 10.6 Å². The molecule has 2 heterocycles. The van der Waals surface area contributed by atoms with Crippen molar-refractivity contribution in [1.29, 1.82) is 0 Å². The van der Waals surface area contributed by atoms with Crippen molar-refractivity contribution in [2.75, 3.05) is 0 Å². The number of nitrogens with zero attached hydrogens (tertiary/aromatic N) is 1. The Morgan fingerprint density at radius 2 is 1.93 bits per heavy atom. The van der Waals surface area contributed by atoms with Crippen LogP contribution in [0.2, 0.25) is 0 Å². The molecule has 5 N–H and O–H groups in total. The van der Waals surface area contributed by atoms with E-state index in [-0.39, 0.29) is 0 Å². The second-order valence-corrected chi connectivity index (χ2v) is 8.14. The van der Waals surface area contributed by atoms with Gasteiger partial charge >= 0.3 is 0 Å². The van der Waals surface area contributed by atoms with Crippen LogP contribution in [0.4, 0.5) is 0 Å². The minimum atomic E-state index is -1.10. The monoisotopic (exact) mass is 424 g/mol. The lowest BCUT2D eigenvalue weighted by molar-refractivity contribution is -0.132. The lowest BCUT2D eigenvalue weighted by atomic mass is 9.95. The molecule has 2 amide bonds. The smallest absolute Gasteiger partial charge is 0.267 e. The molecule has 0 bridgehead atoms. The summed E-state index contributed by atoms with van der Waals surface area (Å²) < 4.78 is 5.27. The third-order valence-electron chi connectivity index (χ3n) is 4.15. The predicted molar refractivity (Wildman–Crippen MR) is 112 cm³/mol. The predicted octanol–water partition coefficient (Wildman–Crippen LogP) is 2.14. The summed E-state index contributed by atoms with van der Waals surface area (Å²) in [6.45, 7) is 3.15. The van der Waals surface area contributed by atoms with E-state index in [1.54, 1.807) is 44.3 Å². The first-order valence-corrected chi connectivity index (χ1v) is 9.74. The molecule has 30 heavy (non-hydrogen) atoms. The van der Waals surface area contributed by atoms with Gasteiger partial charge in [0.25, 0.3) is 11.8 Å². The van der Waals surface area contributed by atoms with Gasteiger partial charge in [0, 0.05) is 16.7 Å². The lowest BCUT2D eigenvalue weighted by Gasteiger charge is -2.29. The van der Waals surface area contributed by atoms with Crippen LogP contribution in [0.3, 0.4) is 0 Å². The Labute approximate surface area is 177 Å².